The van der Waals surface area contributed by atoms with Gasteiger partial charge in [0.15, 0.2) is 5.96 Å². The molecule has 0 saturated heterocycles. The third-order valence-electron chi connectivity index (χ3n) is 4.80. The van der Waals surface area contributed by atoms with E-state index in [-0.39, 0.29) is 0 Å². The second kappa shape index (κ2) is 9.12. The zero-order valence-electron chi connectivity index (χ0n) is 16.3. The first kappa shape index (κ1) is 18.8. The quantitative estimate of drug-likeness (QED) is 0.445. The minimum atomic E-state index is 0.798. The van der Waals surface area contributed by atoms with Crippen molar-refractivity contribution in [1.82, 2.24) is 15.6 Å². The smallest absolute Gasteiger partial charge is 0.190 e. The van der Waals surface area contributed by atoms with Crippen LogP contribution in [0.15, 0.2) is 53.5 Å². The lowest BCUT2D eigenvalue weighted by molar-refractivity contribution is 0.409. The molecule has 0 aliphatic heterocycles. The van der Waals surface area contributed by atoms with Crippen molar-refractivity contribution in [3.8, 4) is 5.75 Å². The summed E-state index contributed by atoms with van der Waals surface area (Å²) in [4.78, 5) is 7.78. The second-order valence-electron chi connectivity index (χ2n) is 6.51. The molecular formula is C22H28N4O. The van der Waals surface area contributed by atoms with Crippen molar-refractivity contribution in [2.24, 2.45) is 4.99 Å². The Bertz CT molecular complexity index is 914. The molecule has 0 fully saturated rings. The number of H-pyrrole nitrogens is 1. The number of guanidine groups is 1. The van der Waals surface area contributed by atoms with E-state index in [2.05, 4.69) is 57.9 Å². The Morgan fingerprint density at radius 2 is 1.70 bits per heavy atom. The van der Waals surface area contributed by atoms with E-state index in [9.17, 15) is 0 Å². The fourth-order valence-corrected chi connectivity index (χ4v) is 3.41. The predicted molar refractivity (Wildman–Crippen MR) is 113 cm³/mol. The molecule has 27 heavy (non-hydrogen) atoms. The molecule has 2 aromatic carbocycles. The fraction of sp³-hybridized carbons (Fsp3) is 0.318. The Kier molecular flexibility index (Phi) is 6.36. The van der Waals surface area contributed by atoms with Crippen molar-refractivity contribution in [2.45, 2.75) is 19.8 Å². The van der Waals surface area contributed by atoms with Gasteiger partial charge in [-0.1, -0.05) is 36.4 Å². The summed E-state index contributed by atoms with van der Waals surface area (Å²) in [6, 6.07) is 16.6. The molecule has 0 aliphatic carbocycles. The lowest BCUT2D eigenvalue weighted by Gasteiger charge is -2.13. The van der Waals surface area contributed by atoms with E-state index in [1.54, 1.807) is 14.2 Å². The van der Waals surface area contributed by atoms with Gasteiger partial charge in [-0.05, 0) is 43.0 Å². The van der Waals surface area contributed by atoms with Crippen molar-refractivity contribution in [1.29, 1.82) is 0 Å². The standard InChI is InChI=1S/C22H28N4O/c1-16-18(19-9-5-6-10-20(19)26-16)13-15-25-22(23-2)24-14-12-17-8-4-7-11-21(17)27-3/h4-11,26H,12-15H2,1-3H3,(H2,23,24,25). The van der Waals surface area contributed by atoms with Crippen LogP contribution in [-0.4, -0.2) is 38.2 Å². The number of rotatable bonds is 7. The number of ether oxygens (including phenoxy) is 1. The van der Waals surface area contributed by atoms with Gasteiger partial charge in [-0.25, -0.2) is 0 Å². The summed E-state index contributed by atoms with van der Waals surface area (Å²) in [6.07, 6.45) is 1.83. The summed E-state index contributed by atoms with van der Waals surface area (Å²) in [5.74, 6) is 1.75. The molecule has 0 saturated carbocycles. The van der Waals surface area contributed by atoms with Crippen LogP contribution in [0.1, 0.15) is 16.8 Å². The summed E-state index contributed by atoms with van der Waals surface area (Å²) in [7, 11) is 3.51. The van der Waals surface area contributed by atoms with Crippen LogP contribution >= 0.6 is 0 Å². The molecule has 3 N–H and O–H groups in total. The van der Waals surface area contributed by atoms with Gasteiger partial charge in [0.1, 0.15) is 5.75 Å². The summed E-state index contributed by atoms with van der Waals surface area (Å²) in [5.41, 5.74) is 4.99. The summed E-state index contributed by atoms with van der Waals surface area (Å²) >= 11 is 0. The van der Waals surface area contributed by atoms with Crippen LogP contribution in [0.5, 0.6) is 5.75 Å². The number of aryl methyl sites for hydroxylation is 1. The van der Waals surface area contributed by atoms with E-state index in [4.69, 9.17) is 4.74 Å². The number of methoxy groups -OCH3 is 1. The first-order valence-electron chi connectivity index (χ1n) is 9.35. The van der Waals surface area contributed by atoms with Crippen molar-refractivity contribution < 1.29 is 4.74 Å². The molecule has 0 amide bonds. The normalized spacial score (nSPS) is 11.6. The lowest BCUT2D eigenvalue weighted by Crippen LogP contribution is -2.39. The zero-order chi connectivity index (χ0) is 19.1. The SMILES string of the molecule is CN=C(NCCc1ccccc1OC)NCCc1c(C)[nH]c2ccccc12. The zero-order valence-corrected chi connectivity index (χ0v) is 16.3. The fourth-order valence-electron chi connectivity index (χ4n) is 3.41. The number of aromatic nitrogens is 1. The van der Waals surface area contributed by atoms with E-state index in [1.807, 2.05) is 18.2 Å². The molecule has 1 heterocycles. The first-order valence-corrected chi connectivity index (χ1v) is 9.35. The summed E-state index contributed by atoms with van der Waals surface area (Å²) in [6.45, 7) is 3.76. The average Bonchev–Trinajstić information content (AvgIpc) is 3.02. The number of aliphatic imine (C=N–C) groups is 1. The van der Waals surface area contributed by atoms with Gasteiger partial charge in [0.2, 0.25) is 0 Å². The lowest BCUT2D eigenvalue weighted by atomic mass is 10.1. The molecule has 0 bridgehead atoms. The molecule has 0 atom stereocenters. The maximum atomic E-state index is 5.41. The van der Waals surface area contributed by atoms with Crippen molar-refractivity contribution in [2.75, 3.05) is 27.2 Å². The van der Waals surface area contributed by atoms with Crippen molar-refractivity contribution >= 4 is 16.9 Å². The molecule has 5 heteroatoms. The average molecular weight is 364 g/mol. The van der Waals surface area contributed by atoms with Crippen LogP contribution in [0.4, 0.5) is 0 Å². The van der Waals surface area contributed by atoms with Crippen LogP contribution < -0.4 is 15.4 Å². The number of nitrogens with zero attached hydrogens (tertiary/aromatic N) is 1. The summed E-state index contributed by atoms with van der Waals surface area (Å²) < 4.78 is 5.41. The van der Waals surface area contributed by atoms with Gasteiger partial charge in [-0.2, -0.15) is 0 Å². The molecule has 142 valence electrons. The predicted octanol–water partition coefficient (Wildman–Crippen LogP) is 3.44. The molecule has 5 nitrogen and oxygen atoms in total. The van der Waals surface area contributed by atoms with Crippen LogP contribution in [0, 0.1) is 6.92 Å². The van der Waals surface area contributed by atoms with Gasteiger partial charge >= 0.3 is 0 Å². The highest BCUT2D eigenvalue weighted by molar-refractivity contribution is 5.84. The maximum absolute atomic E-state index is 5.41. The highest BCUT2D eigenvalue weighted by Gasteiger charge is 2.08. The van der Waals surface area contributed by atoms with Crippen LogP contribution in [0.25, 0.3) is 10.9 Å². The van der Waals surface area contributed by atoms with Crippen LogP contribution in [-0.2, 0) is 12.8 Å². The van der Waals surface area contributed by atoms with Gasteiger partial charge in [-0.3, -0.25) is 4.99 Å². The van der Waals surface area contributed by atoms with Gasteiger partial charge in [0.05, 0.1) is 7.11 Å². The molecule has 0 radical (unpaired) electrons. The number of para-hydroxylation sites is 2. The van der Waals surface area contributed by atoms with Crippen LogP contribution in [0.3, 0.4) is 0 Å². The minimum Gasteiger partial charge on any atom is -0.496 e. The molecule has 1 aromatic heterocycles. The Balaban J connectivity index is 1.50. The first-order chi connectivity index (χ1) is 13.2. The number of benzene rings is 2. The Labute approximate surface area is 160 Å². The highest BCUT2D eigenvalue weighted by atomic mass is 16.5. The number of nitrogens with one attached hydrogen (secondary N) is 3. The van der Waals surface area contributed by atoms with Crippen molar-refractivity contribution in [3.05, 3.63) is 65.4 Å². The van der Waals surface area contributed by atoms with Gasteiger partial charge in [0.25, 0.3) is 0 Å². The van der Waals surface area contributed by atoms with E-state index >= 15 is 0 Å². The Morgan fingerprint density at radius 3 is 2.48 bits per heavy atom. The molecule has 3 rings (SSSR count). The molecule has 0 unspecified atom stereocenters. The third kappa shape index (κ3) is 4.61. The highest BCUT2D eigenvalue weighted by Crippen LogP contribution is 2.22. The van der Waals surface area contributed by atoms with Crippen LogP contribution in [0.2, 0.25) is 0 Å². The Hall–Kier alpha value is -2.95. The van der Waals surface area contributed by atoms with Gasteiger partial charge in [-0.15, -0.1) is 0 Å². The Morgan fingerprint density at radius 1 is 1.00 bits per heavy atom. The largest absolute Gasteiger partial charge is 0.496 e. The number of hydrogen-bond donors (Lipinski definition) is 3. The monoisotopic (exact) mass is 364 g/mol. The molecule has 3 aromatic rings. The van der Waals surface area contributed by atoms with Gasteiger partial charge in [0, 0.05) is 36.7 Å². The number of aromatic amines is 1. The van der Waals surface area contributed by atoms with E-state index < -0.39 is 0 Å². The number of fused-ring (bicyclic) bond motifs is 1. The van der Waals surface area contributed by atoms with E-state index in [0.29, 0.717) is 0 Å². The van der Waals surface area contributed by atoms with Gasteiger partial charge < -0.3 is 20.4 Å². The van der Waals surface area contributed by atoms with Crippen molar-refractivity contribution in [3.63, 3.8) is 0 Å². The third-order valence-corrected chi connectivity index (χ3v) is 4.80. The molecule has 0 aliphatic rings. The topological polar surface area (TPSA) is 61.4 Å². The minimum absolute atomic E-state index is 0.798. The van der Waals surface area contributed by atoms with E-state index in [1.165, 1.54) is 27.7 Å². The molecule has 0 spiro atoms. The summed E-state index contributed by atoms with van der Waals surface area (Å²) in [5, 5.41) is 8.09. The van der Waals surface area contributed by atoms with E-state index in [0.717, 1.165) is 37.6 Å². The second-order valence-corrected chi connectivity index (χ2v) is 6.51. The maximum Gasteiger partial charge on any atom is 0.190 e. The number of hydrogen-bond acceptors (Lipinski definition) is 2. The molecular weight excluding hydrogens is 336 g/mol.